The van der Waals surface area contributed by atoms with E-state index in [0.717, 1.165) is 64.4 Å². The Balaban J connectivity index is 1.12. The molecule has 5 N–H and O–H groups in total. The SMILES string of the molecule is Cc1cn2c(C3=CN(CC(=O)NCc4ccccc4N)NC3)cnc2c(Nc2cc(CN3CCCC(C)C3)ns2)n1. The van der Waals surface area contributed by atoms with Crippen molar-refractivity contribution in [3.63, 3.8) is 0 Å². The Labute approximate surface area is 243 Å². The van der Waals surface area contributed by atoms with E-state index in [-0.39, 0.29) is 12.5 Å². The summed E-state index contributed by atoms with van der Waals surface area (Å²) in [6.07, 6.45) is 8.36. The van der Waals surface area contributed by atoms with Gasteiger partial charge in [0.25, 0.3) is 0 Å². The Bertz CT molecular complexity index is 1580. The molecule has 5 heterocycles. The van der Waals surface area contributed by atoms with E-state index in [9.17, 15) is 4.79 Å². The molecule has 0 aliphatic carbocycles. The standard InChI is InChI=1S/C29H36N10OS/c1-19-6-5-9-37(14-19)17-23-10-27(41-36-23)35-28-29-32-13-25(39(29)15-20(2)34-28)22-12-33-38(16-22)18-26(40)31-11-21-7-3-4-8-24(21)30/h3-4,7-8,10,13,15-16,19,33H,5-6,9,11-12,14,17-18,30H2,1-2H3,(H,31,40)(H,34,35). The second-order valence-corrected chi connectivity index (χ2v) is 11.8. The zero-order valence-electron chi connectivity index (χ0n) is 23.4. The minimum atomic E-state index is -0.0957. The first-order valence-electron chi connectivity index (χ1n) is 14.0. The fraction of sp³-hybridized carbons (Fsp3) is 0.379. The number of anilines is 3. The molecule has 1 fully saturated rings. The number of likely N-dealkylation sites (tertiary alicyclic amines) is 1. The number of aryl methyl sites for hydroxylation is 1. The maximum Gasteiger partial charge on any atom is 0.241 e. The predicted octanol–water partition coefficient (Wildman–Crippen LogP) is 3.53. The number of hydrazine groups is 1. The van der Waals surface area contributed by atoms with Gasteiger partial charge in [-0.25, -0.2) is 15.4 Å². The summed E-state index contributed by atoms with van der Waals surface area (Å²) in [6, 6.07) is 9.65. The van der Waals surface area contributed by atoms with E-state index in [0.29, 0.717) is 24.6 Å². The number of nitrogen functional groups attached to an aromatic ring is 1. The molecule has 11 nitrogen and oxygen atoms in total. The predicted molar refractivity (Wildman–Crippen MR) is 162 cm³/mol. The molecule has 1 saturated heterocycles. The molecule has 6 rings (SSSR count). The third-order valence-electron chi connectivity index (χ3n) is 7.50. The zero-order valence-corrected chi connectivity index (χ0v) is 24.2. The molecule has 12 heteroatoms. The largest absolute Gasteiger partial charge is 0.398 e. The zero-order chi connectivity index (χ0) is 28.3. The summed E-state index contributed by atoms with van der Waals surface area (Å²) in [5, 5.41) is 9.15. The number of nitrogens with one attached hydrogen (secondary N) is 3. The maximum absolute atomic E-state index is 12.6. The molecule has 2 aliphatic rings. The summed E-state index contributed by atoms with van der Waals surface area (Å²) in [7, 11) is 0. The van der Waals surface area contributed by atoms with Gasteiger partial charge >= 0.3 is 0 Å². The number of carbonyl (C=O) groups excluding carboxylic acids is 1. The van der Waals surface area contributed by atoms with Crippen molar-refractivity contribution in [3.8, 4) is 0 Å². The van der Waals surface area contributed by atoms with Gasteiger partial charge in [0.05, 0.1) is 23.3 Å². The third kappa shape index (κ3) is 6.34. The first kappa shape index (κ1) is 27.2. The third-order valence-corrected chi connectivity index (χ3v) is 8.24. The minimum absolute atomic E-state index is 0.0957. The summed E-state index contributed by atoms with van der Waals surface area (Å²) in [5.41, 5.74) is 15.5. The normalized spacial score (nSPS) is 17.7. The van der Waals surface area contributed by atoms with Gasteiger partial charge in [-0.15, -0.1) is 0 Å². The van der Waals surface area contributed by atoms with Crippen LogP contribution in [0.15, 0.2) is 48.9 Å². The molecule has 0 radical (unpaired) electrons. The van der Waals surface area contributed by atoms with E-state index in [1.165, 1.54) is 24.4 Å². The topological polar surface area (TPSA) is 129 Å². The molecule has 214 valence electrons. The van der Waals surface area contributed by atoms with Crippen molar-refractivity contribution < 1.29 is 4.79 Å². The molecule has 4 aromatic rings. The maximum atomic E-state index is 12.6. The van der Waals surface area contributed by atoms with Crippen LogP contribution >= 0.6 is 11.5 Å². The highest BCUT2D eigenvalue weighted by molar-refractivity contribution is 7.10. The summed E-state index contributed by atoms with van der Waals surface area (Å²) < 4.78 is 6.74. The molecule has 41 heavy (non-hydrogen) atoms. The number of aromatic nitrogens is 4. The van der Waals surface area contributed by atoms with Crippen molar-refractivity contribution in [3.05, 3.63) is 71.6 Å². The van der Waals surface area contributed by atoms with Crippen LogP contribution in [0, 0.1) is 12.8 Å². The highest BCUT2D eigenvalue weighted by atomic mass is 32.1. The average molecular weight is 573 g/mol. The van der Waals surface area contributed by atoms with Crippen molar-refractivity contribution in [1.82, 2.24) is 39.4 Å². The Hall–Kier alpha value is -4.00. The monoisotopic (exact) mass is 572 g/mol. The molecule has 1 atom stereocenters. The molecule has 1 unspecified atom stereocenters. The molecule has 2 aliphatic heterocycles. The smallest absolute Gasteiger partial charge is 0.241 e. The van der Waals surface area contributed by atoms with Crippen molar-refractivity contribution in [1.29, 1.82) is 0 Å². The molecular formula is C29H36N10OS. The highest BCUT2D eigenvalue weighted by Crippen LogP contribution is 2.28. The van der Waals surface area contributed by atoms with Crippen molar-refractivity contribution in [2.24, 2.45) is 5.92 Å². The number of para-hydroxylation sites is 1. The fourth-order valence-corrected chi connectivity index (χ4v) is 6.13. The lowest BCUT2D eigenvalue weighted by Gasteiger charge is -2.30. The first-order chi connectivity index (χ1) is 19.9. The number of rotatable bonds is 9. The van der Waals surface area contributed by atoms with Crippen LogP contribution in [0.2, 0.25) is 0 Å². The second kappa shape index (κ2) is 11.9. The highest BCUT2D eigenvalue weighted by Gasteiger charge is 2.21. The Kier molecular flexibility index (Phi) is 7.86. The van der Waals surface area contributed by atoms with Gasteiger partial charge in [0, 0.05) is 49.8 Å². The van der Waals surface area contributed by atoms with Gasteiger partial charge < -0.3 is 21.4 Å². The minimum Gasteiger partial charge on any atom is -0.398 e. The number of nitrogens with zero attached hydrogens (tertiary/aromatic N) is 6. The van der Waals surface area contributed by atoms with Gasteiger partial charge in [0.2, 0.25) is 5.91 Å². The molecular weight excluding hydrogens is 536 g/mol. The molecule has 0 saturated carbocycles. The quantitative estimate of drug-likeness (QED) is 0.223. The Morgan fingerprint density at radius 3 is 3.02 bits per heavy atom. The molecule has 3 aromatic heterocycles. The number of nitrogens with two attached hydrogens (primary N) is 1. The van der Waals surface area contributed by atoms with Crippen molar-refractivity contribution in [2.75, 3.05) is 37.2 Å². The average Bonchev–Trinajstić information content (AvgIpc) is 3.68. The van der Waals surface area contributed by atoms with Gasteiger partial charge in [-0.1, -0.05) is 25.1 Å². The number of fused-ring (bicyclic) bond motifs is 1. The van der Waals surface area contributed by atoms with Crippen LogP contribution in [0.25, 0.3) is 11.2 Å². The van der Waals surface area contributed by atoms with Crippen LogP contribution in [0.1, 0.15) is 42.4 Å². The molecule has 0 bridgehead atoms. The van der Waals surface area contributed by atoms with Gasteiger partial charge in [-0.3, -0.25) is 14.1 Å². The Morgan fingerprint density at radius 2 is 2.17 bits per heavy atom. The van der Waals surface area contributed by atoms with E-state index in [2.05, 4.69) is 42.7 Å². The molecule has 0 spiro atoms. The van der Waals surface area contributed by atoms with Gasteiger partial charge in [-0.2, -0.15) is 4.37 Å². The van der Waals surface area contributed by atoms with Gasteiger partial charge in [0.1, 0.15) is 11.5 Å². The second-order valence-electron chi connectivity index (χ2n) is 11.0. The lowest BCUT2D eigenvalue weighted by Crippen LogP contribution is -2.39. The number of imidazole rings is 1. The number of hydrogen-bond acceptors (Lipinski definition) is 10. The summed E-state index contributed by atoms with van der Waals surface area (Å²) in [6.45, 7) is 8.61. The summed E-state index contributed by atoms with van der Waals surface area (Å²) in [4.78, 5) is 24.5. The molecule has 1 aromatic carbocycles. The van der Waals surface area contributed by atoms with Crippen LogP contribution in [-0.2, 0) is 17.9 Å². The van der Waals surface area contributed by atoms with Crippen LogP contribution < -0.4 is 21.8 Å². The number of carbonyl (C=O) groups is 1. The summed E-state index contributed by atoms with van der Waals surface area (Å²) in [5.74, 6) is 1.34. The van der Waals surface area contributed by atoms with Gasteiger partial charge in [0.15, 0.2) is 11.5 Å². The van der Waals surface area contributed by atoms with Crippen LogP contribution in [0.5, 0.6) is 0 Å². The molecule has 1 amide bonds. The van der Waals surface area contributed by atoms with Crippen LogP contribution in [0.3, 0.4) is 0 Å². The van der Waals surface area contributed by atoms with E-state index in [4.69, 9.17) is 15.7 Å². The van der Waals surface area contributed by atoms with E-state index in [1.54, 1.807) is 5.01 Å². The fourth-order valence-electron chi connectivity index (χ4n) is 5.48. The van der Waals surface area contributed by atoms with Crippen molar-refractivity contribution >= 4 is 45.2 Å². The Morgan fingerprint density at radius 1 is 1.29 bits per heavy atom. The van der Waals surface area contributed by atoms with E-state index >= 15 is 0 Å². The number of piperidine rings is 1. The number of benzene rings is 1. The van der Waals surface area contributed by atoms with E-state index in [1.807, 2.05) is 49.8 Å². The first-order valence-corrected chi connectivity index (χ1v) is 14.8. The number of amides is 1. The van der Waals surface area contributed by atoms with E-state index < -0.39 is 0 Å². The number of hydrogen-bond donors (Lipinski definition) is 4. The lowest BCUT2D eigenvalue weighted by molar-refractivity contribution is -0.122. The lowest BCUT2D eigenvalue weighted by atomic mass is 10.0. The summed E-state index contributed by atoms with van der Waals surface area (Å²) >= 11 is 1.45. The van der Waals surface area contributed by atoms with Crippen LogP contribution in [0.4, 0.5) is 16.5 Å². The van der Waals surface area contributed by atoms with Crippen LogP contribution in [-0.4, -0.2) is 60.7 Å². The van der Waals surface area contributed by atoms with Gasteiger partial charge in [-0.05, 0) is 61.5 Å². The van der Waals surface area contributed by atoms with Crippen molar-refractivity contribution in [2.45, 2.75) is 39.8 Å².